The number of hydrogen-bond donors (Lipinski definition) is 0. The Labute approximate surface area is 196 Å². The van der Waals surface area contributed by atoms with Gasteiger partial charge in [-0.1, -0.05) is 23.7 Å². The highest BCUT2D eigenvalue weighted by molar-refractivity contribution is 7.90. The van der Waals surface area contributed by atoms with E-state index in [2.05, 4.69) is 4.90 Å². The summed E-state index contributed by atoms with van der Waals surface area (Å²) >= 11 is 6.11. The third kappa shape index (κ3) is 3.98. The van der Waals surface area contributed by atoms with Gasteiger partial charge in [-0.05, 0) is 62.6 Å². The van der Waals surface area contributed by atoms with Crippen LogP contribution in [-0.2, 0) is 10.0 Å². The van der Waals surface area contributed by atoms with Gasteiger partial charge in [0, 0.05) is 30.7 Å². The van der Waals surface area contributed by atoms with Crippen molar-refractivity contribution in [3.05, 3.63) is 63.6 Å². The minimum Gasteiger partial charge on any atom is -0.408 e. The van der Waals surface area contributed by atoms with Crippen molar-refractivity contribution in [2.24, 2.45) is 0 Å². The molecule has 33 heavy (non-hydrogen) atoms. The Morgan fingerprint density at radius 1 is 1.00 bits per heavy atom. The van der Waals surface area contributed by atoms with Gasteiger partial charge in [0.05, 0.1) is 11.1 Å². The van der Waals surface area contributed by atoms with Gasteiger partial charge in [0.15, 0.2) is 5.58 Å². The Hall–Kier alpha value is -2.62. The number of piperidine rings is 1. The number of unbranched alkanes of at least 4 members (excludes halogenated alkanes) is 1. The quantitative estimate of drug-likeness (QED) is 0.492. The average Bonchev–Trinajstić information content (AvgIpc) is 3.22. The molecule has 2 aliphatic rings. The molecule has 8 nitrogen and oxygen atoms in total. The van der Waals surface area contributed by atoms with Crippen LogP contribution in [0.3, 0.4) is 0 Å². The van der Waals surface area contributed by atoms with Crippen LogP contribution in [0.15, 0.2) is 56.6 Å². The molecule has 0 radical (unpaired) electrons. The van der Waals surface area contributed by atoms with E-state index in [4.69, 9.17) is 16.0 Å². The second kappa shape index (κ2) is 8.62. The van der Waals surface area contributed by atoms with Gasteiger partial charge in [-0.25, -0.2) is 17.5 Å². The molecule has 3 heterocycles. The van der Waals surface area contributed by atoms with Gasteiger partial charge >= 0.3 is 5.76 Å². The summed E-state index contributed by atoms with van der Waals surface area (Å²) in [6.07, 6.45) is 3.01. The third-order valence-corrected chi connectivity index (χ3v) is 8.57. The lowest BCUT2D eigenvalue weighted by Gasteiger charge is -2.32. The standard InChI is InChI=1S/C23H24ClN3O5S/c24-16-7-8-20-19(15-16)27(23(29)32-20)17-9-13-25(14-10-17)11-3-4-12-26-22(28)18-5-1-2-6-21(18)33(26,30)31/h1-2,5-8,15,17H,3-4,9-14H2. The fourth-order valence-electron chi connectivity index (χ4n) is 4.80. The number of rotatable bonds is 6. The number of carbonyl (C=O) groups is 1. The predicted octanol–water partition coefficient (Wildman–Crippen LogP) is 3.51. The molecule has 0 saturated carbocycles. The van der Waals surface area contributed by atoms with Gasteiger partial charge in [-0.2, -0.15) is 0 Å². The van der Waals surface area contributed by atoms with Crippen molar-refractivity contribution in [3.63, 3.8) is 0 Å². The number of aromatic nitrogens is 1. The van der Waals surface area contributed by atoms with E-state index in [0.29, 0.717) is 17.0 Å². The average molecular weight is 490 g/mol. The Morgan fingerprint density at radius 3 is 2.48 bits per heavy atom. The molecular formula is C23H24ClN3O5S. The molecule has 10 heteroatoms. The molecule has 0 spiro atoms. The van der Waals surface area contributed by atoms with Gasteiger partial charge in [-0.3, -0.25) is 9.36 Å². The van der Waals surface area contributed by atoms with Crippen molar-refractivity contribution in [1.82, 2.24) is 13.8 Å². The summed E-state index contributed by atoms with van der Waals surface area (Å²) in [6.45, 7) is 2.66. The number of oxazole rings is 1. The monoisotopic (exact) mass is 489 g/mol. The van der Waals surface area contributed by atoms with Crippen LogP contribution in [-0.4, -0.2) is 54.3 Å². The molecule has 0 N–H and O–H groups in total. The van der Waals surface area contributed by atoms with E-state index in [-0.39, 0.29) is 28.8 Å². The van der Waals surface area contributed by atoms with E-state index in [1.54, 1.807) is 41.0 Å². The van der Waals surface area contributed by atoms with E-state index >= 15 is 0 Å². The molecule has 174 valence electrons. The molecular weight excluding hydrogens is 466 g/mol. The number of hydrogen-bond acceptors (Lipinski definition) is 6. The molecule has 5 rings (SSSR count). The molecule has 2 aliphatic heterocycles. The summed E-state index contributed by atoms with van der Waals surface area (Å²) in [7, 11) is -3.74. The first-order valence-corrected chi connectivity index (χ1v) is 12.9. The molecule has 3 aromatic rings. The SMILES string of the molecule is O=C1c2ccccc2S(=O)(=O)N1CCCCN1CCC(n2c(=O)oc3ccc(Cl)cc32)CC1. The summed E-state index contributed by atoms with van der Waals surface area (Å²) < 4.78 is 33.3. The highest BCUT2D eigenvalue weighted by atomic mass is 35.5. The normalized spacial score (nSPS) is 18.8. The number of sulfonamides is 1. The number of carbonyl (C=O) groups excluding carboxylic acids is 1. The summed E-state index contributed by atoms with van der Waals surface area (Å²) in [6, 6.07) is 11.6. The lowest BCUT2D eigenvalue weighted by atomic mass is 10.0. The summed E-state index contributed by atoms with van der Waals surface area (Å²) in [5.41, 5.74) is 1.52. The minimum absolute atomic E-state index is 0.0549. The fraction of sp³-hybridized carbons (Fsp3) is 0.391. The Balaban J connectivity index is 1.14. The van der Waals surface area contributed by atoms with Gasteiger partial charge in [0.1, 0.15) is 4.90 Å². The first-order chi connectivity index (χ1) is 15.9. The first kappa shape index (κ1) is 22.2. The predicted molar refractivity (Wildman–Crippen MR) is 124 cm³/mol. The van der Waals surface area contributed by atoms with Crippen LogP contribution < -0.4 is 5.76 Å². The van der Waals surface area contributed by atoms with Crippen molar-refractivity contribution in [3.8, 4) is 0 Å². The lowest BCUT2D eigenvalue weighted by molar-refractivity contribution is 0.0868. The molecule has 2 aromatic carbocycles. The molecule has 0 aliphatic carbocycles. The molecule has 1 aromatic heterocycles. The zero-order valence-corrected chi connectivity index (χ0v) is 19.5. The lowest BCUT2D eigenvalue weighted by Crippen LogP contribution is -2.37. The van der Waals surface area contributed by atoms with Crippen LogP contribution in [0.5, 0.6) is 0 Å². The zero-order valence-electron chi connectivity index (χ0n) is 17.9. The Bertz CT molecular complexity index is 1370. The number of likely N-dealkylation sites (tertiary alicyclic amines) is 1. The summed E-state index contributed by atoms with van der Waals surface area (Å²) in [5.74, 6) is -0.799. The minimum atomic E-state index is -3.74. The Kier molecular flexibility index (Phi) is 5.80. The third-order valence-electron chi connectivity index (χ3n) is 6.49. The van der Waals surface area contributed by atoms with Crippen LogP contribution >= 0.6 is 11.6 Å². The summed E-state index contributed by atoms with van der Waals surface area (Å²) in [4.78, 5) is 27.3. The van der Waals surface area contributed by atoms with Crippen molar-refractivity contribution in [2.75, 3.05) is 26.2 Å². The maximum Gasteiger partial charge on any atom is 0.420 e. The van der Waals surface area contributed by atoms with E-state index < -0.39 is 15.9 Å². The van der Waals surface area contributed by atoms with Gasteiger partial charge in [0.25, 0.3) is 15.9 Å². The smallest absolute Gasteiger partial charge is 0.408 e. The van der Waals surface area contributed by atoms with Crippen LogP contribution in [0.1, 0.15) is 42.1 Å². The van der Waals surface area contributed by atoms with Crippen molar-refractivity contribution < 1.29 is 17.6 Å². The highest BCUT2D eigenvalue weighted by Gasteiger charge is 2.40. The van der Waals surface area contributed by atoms with E-state index in [9.17, 15) is 18.0 Å². The van der Waals surface area contributed by atoms with Crippen molar-refractivity contribution in [2.45, 2.75) is 36.6 Å². The topological polar surface area (TPSA) is 92.8 Å². The van der Waals surface area contributed by atoms with E-state index in [1.165, 1.54) is 6.07 Å². The maximum atomic E-state index is 12.6. The largest absolute Gasteiger partial charge is 0.420 e. The molecule has 0 unspecified atom stereocenters. The Morgan fingerprint density at radius 2 is 1.73 bits per heavy atom. The second-order valence-corrected chi connectivity index (χ2v) is 10.8. The zero-order chi connectivity index (χ0) is 23.2. The maximum absolute atomic E-state index is 12.6. The number of halogens is 1. The van der Waals surface area contributed by atoms with Gasteiger partial charge in [-0.15, -0.1) is 0 Å². The van der Waals surface area contributed by atoms with E-state index in [0.717, 1.165) is 48.7 Å². The van der Waals surface area contributed by atoms with Crippen LogP contribution in [0.25, 0.3) is 11.1 Å². The molecule has 1 fully saturated rings. The molecule has 0 atom stereocenters. The number of nitrogens with zero attached hydrogens (tertiary/aromatic N) is 3. The number of fused-ring (bicyclic) bond motifs is 2. The number of amides is 1. The van der Waals surface area contributed by atoms with Crippen molar-refractivity contribution >= 4 is 38.6 Å². The van der Waals surface area contributed by atoms with Gasteiger partial charge < -0.3 is 9.32 Å². The van der Waals surface area contributed by atoms with Crippen molar-refractivity contribution in [1.29, 1.82) is 0 Å². The number of benzene rings is 2. The van der Waals surface area contributed by atoms with E-state index in [1.807, 2.05) is 0 Å². The van der Waals surface area contributed by atoms with Crippen LogP contribution in [0.2, 0.25) is 5.02 Å². The van der Waals surface area contributed by atoms with Crippen LogP contribution in [0.4, 0.5) is 0 Å². The second-order valence-electron chi connectivity index (χ2n) is 8.51. The summed E-state index contributed by atoms with van der Waals surface area (Å²) in [5, 5.41) is 0.566. The first-order valence-electron chi connectivity index (χ1n) is 11.1. The fourth-order valence-corrected chi connectivity index (χ4v) is 6.57. The highest BCUT2D eigenvalue weighted by Crippen LogP contribution is 2.30. The molecule has 1 amide bonds. The molecule has 0 bridgehead atoms. The molecule has 1 saturated heterocycles. The van der Waals surface area contributed by atoms with Gasteiger partial charge in [0.2, 0.25) is 0 Å². The van der Waals surface area contributed by atoms with Crippen LogP contribution in [0, 0.1) is 0 Å².